The van der Waals surface area contributed by atoms with E-state index in [4.69, 9.17) is 0 Å². The molecule has 0 aliphatic heterocycles. The van der Waals surface area contributed by atoms with Gasteiger partial charge in [-0.25, -0.2) is 0 Å². The van der Waals surface area contributed by atoms with E-state index in [1.165, 1.54) is 13.8 Å². The highest BCUT2D eigenvalue weighted by atomic mass is 16.3. The molecule has 6 atom stereocenters. The van der Waals surface area contributed by atoms with Crippen LogP contribution in [-0.4, -0.2) is 33.0 Å². The Balaban J connectivity index is 2.41. The van der Waals surface area contributed by atoms with Crippen LogP contribution in [0.25, 0.3) is 0 Å². The SMILES string of the molecule is CC1=C[C@@]2(C)[C@@H]([C@@H]3C(C)=C[C@@]2(C)C(=O)[C@@]3(C)O)[C@](C)(O)C1=O. The van der Waals surface area contributed by atoms with E-state index in [1.807, 2.05) is 32.9 Å². The maximum Gasteiger partial charge on any atom is 0.189 e. The Morgan fingerprint density at radius 3 is 2.05 bits per heavy atom. The van der Waals surface area contributed by atoms with E-state index in [9.17, 15) is 19.8 Å². The maximum absolute atomic E-state index is 12.9. The molecule has 0 amide bonds. The average molecular weight is 304 g/mol. The quantitative estimate of drug-likeness (QED) is 0.669. The van der Waals surface area contributed by atoms with Crippen molar-refractivity contribution in [3.8, 4) is 0 Å². The van der Waals surface area contributed by atoms with Crippen molar-refractivity contribution in [2.24, 2.45) is 22.7 Å². The Kier molecular flexibility index (Phi) is 2.70. The van der Waals surface area contributed by atoms with Crippen LogP contribution in [0.5, 0.6) is 0 Å². The molecule has 4 aliphatic rings. The molecule has 2 N–H and O–H groups in total. The summed E-state index contributed by atoms with van der Waals surface area (Å²) in [6, 6.07) is 0. The highest BCUT2D eigenvalue weighted by Gasteiger charge is 2.73. The van der Waals surface area contributed by atoms with Gasteiger partial charge in [-0.15, -0.1) is 0 Å². The van der Waals surface area contributed by atoms with E-state index in [1.54, 1.807) is 6.92 Å². The van der Waals surface area contributed by atoms with E-state index < -0.39 is 33.9 Å². The predicted molar refractivity (Wildman–Crippen MR) is 82.0 cm³/mol. The first-order valence-electron chi connectivity index (χ1n) is 7.75. The molecule has 4 rings (SSSR count). The molecule has 120 valence electrons. The topological polar surface area (TPSA) is 74.6 Å². The molecule has 4 aliphatic carbocycles. The average Bonchev–Trinajstić information content (AvgIpc) is 2.37. The molecule has 0 aromatic heterocycles. The molecule has 0 radical (unpaired) electrons. The van der Waals surface area contributed by atoms with Crippen LogP contribution in [0.1, 0.15) is 41.5 Å². The van der Waals surface area contributed by atoms with Crippen molar-refractivity contribution in [2.75, 3.05) is 0 Å². The van der Waals surface area contributed by atoms with Crippen molar-refractivity contribution in [2.45, 2.75) is 52.7 Å². The lowest BCUT2D eigenvalue weighted by atomic mass is 9.37. The van der Waals surface area contributed by atoms with Gasteiger partial charge in [0.25, 0.3) is 0 Å². The van der Waals surface area contributed by atoms with Crippen LogP contribution in [0.3, 0.4) is 0 Å². The number of hydrogen-bond acceptors (Lipinski definition) is 4. The van der Waals surface area contributed by atoms with Gasteiger partial charge >= 0.3 is 0 Å². The summed E-state index contributed by atoms with van der Waals surface area (Å²) >= 11 is 0. The minimum atomic E-state index is -1.60. The Morgan fingerprint density at radius 2 is 1.50 bits per heavy atom. The number of fused-ring (bicyclic) bond motifs is 1. The molecular weight excluding hydrogens is 280 g/mol. The number of aliphatic hydroxyl groups is 2. The van der Waals surface area contributed by atoms with Gasteiger partial charge in [-0.05, 0) is 40.2 Å². The normalized spacial score (nSPS) is 54.0. The summed E-state index contributed by atoms with van der Waals surface area (Å²) in [5, 5.41) is 21.9. The third kappa shape index (κ3) is 1.36. The smallest absolute Gasteiger partial charge is 0.189 e. The first kappa shape index (κ1) is 15.6. The molecule has 0 aromatic rings. The maximum atomic E-state index is 12.9. The number of carbonyl (C=O) groups excluding carboxylic acids is 2. The molecule has 4 heteroatoms. The predicted octanol–water partition coefficient (Wildman–Crippen LogP) is 1.80. The van der Waals surface area contributed by atoms with Crippen molar-refractivity contribution in [1.29, 1.82) is 0 Å². The van der Waals surface area contributed by atoms with Gasteiger partial charge in [-0.2, -0.15) is 0 Å². The first-order valence-corrected chi connectivity index (χ1v) is 7.75. The summed E-state index contributed by atoms with van der Waals surface area (Å²) in [6.07, 6.45) is 3.76. The van der Waals surface area contributed by atoms with Crippen molar-refractivity contribution in [1.82, 2.24) is 0 Å². The van der Waals surface area contributed by atoms with Gasteiger partial charge in [0.2, 0.25) is 0 Å². The van der Waals surface area contributed by atoms with Crippen LogP contribution in [0, 0.1) is 22.7 Å². The van der Waals surface area contributed by atoms with Crippen LogP contribution in [-0.2, 0) is 9.59 Å². The lowest BCUT2D eigenvalue weighted by Gasteiger charge is -2.66. The molecule has 1 fully saturated rings. The number of carbonyl (C=O) groups is 2. The van der Waals surface area contributed by atoms with E-state index >= 15 is 0 Å². The summed E-state index contributed by atoms with van der Waals surface area (Å²) in [5.74, 6) is -1.64. The summed E-state index contributed by atoms with van der Waals surface area (Å²) in [7, 11) is 0. The second kappa shape index (κ2) is 3.80. The molecular formula is C18H24O4. The zero-order chi connectivity index (χ0) is 16.9. The fourth-order valence-corrected chi connectivity index (χ4v) is 5.58. The summed E-state index contributed by atoms with van der Waals surface area (Å²) in [6.45, 7) is 10.3. The Hall–Kier alpha value is -1.26. The third-order valence-electron chi connectivity index (χ3n) is 6.58. The molecule has 4 nitrogen and oxygen atoms in total. The van der Waals surface area contributed by atoms with Gasteiger partial charge in [0.05, 0.1) is 5.41 Å². The Morgan fingerprint density at radius 1 is 0.955 bits per heavy atom. The fourth-order valence-electron chi connectivity index (χ4n) is 5.58. The lowest BCUT2D eigenvalue weighted by Crippen LogP contribution is -2.74. The van der Waals surface area contributed by atoms with Gasteiger partial charge in [0, 0.05) is 17.3 Å². The second-order valence-corrected chi connectivity index (χ2v) is 8.11. The summed E-state index contributed by atoms with van der Waals surface area (Å²) in [5.41, 5.74) is -3.45. The third-order valence-corrected chi connectivity index (χ3v) is 6.58. The molecule has 0 saturated heterocycles. The van der Waals surface area contributed by atoms with E-state index in [0.29, 0.717) is 5.57 Å². The summed E-state index contributed by atoms with van der Waals surface area (Å²) < 4.78 is 0. The van der Waals surface area contributed by atoms with Crippen molar-refractivity contribution >= 4 is 11.6 Å². The molecule has 22 heavy (non-hydrogen) atoms. The standard InChI is InChI=1S/C18H24O4/c1-9-7-16(4)14(20)17(5,21)11(9)12-15(16,3)8-10(2)13(19)18(12,6)22/h7-8,11-12,21-22H,1-6H3/t11-,12+,15-,16-,17-,18-/m0/s1. The van der Waals surface area contributed by atoms with Crippen LogP contribution in [0.15, 0.2) is 23.3 Å². The Bertz CT molecular complexity index is 667. The van der Waals surface area contributed by atoms with Gasteiger partial charge in [-0.3, -0.25) is 9.59 Å². The zero-order valence-corrected chi connectivity index (χ0v) is 14.0. The number of Topliss-reactive ketones (excluding diaryl/α,β-unsaturated/α-hetero) is 2. The van der Waals surface area contributed by atoms with Crippen LogP contribution < -0.4 is 0 Å². The van der Waals surface area contributed by atoms with Crippen molar-refractivity contribution in [3.63, 3.8) is 0 Å². The van der Waals surface area contributed by atoms with Gasteiger partial charge in [0.1, 0.15) is 11.2 Å². The highest BCUT2D eigenvalue weighted by molar-refractivity contribution is 6.05. The largest absolute Gasteiger partial charge is 0.382 e. The number of allylic oxidation sites excluding steroid dienone is 2. The fraction of sp³-hybridized carbons (Fsp3) is 0.667. The summed E-state index contributed by atoms with van der Waals surface area (Å²) in [4.78, 5) is 25.5. The Labute approximate surface area is 130 Å². The molecule has 2 bridgehead atoms. The molecule has 0 heterocycles. The lowest BCUT2D eigenvalue weighted by molar-refractivity contribution is -0.203. The molecule has 0 aromatic carbocycles. The van der Waals surface area contributed by atoms with E-state index in [2.05, 4.69) is 0 Å². The monoisotopic (exact) mass is 304 g/mol. The minimum absolute atomic E-state index is 0.233. The zero-order valence-electron chi connectivity index (χ0n) is 14.0. The van der Waals surface area contributed by atoms with Crippen molar-refractivity contribution < 1.29 is 19.8 Å². The molecule has 0 spiro atoms. The van der Waals surface area contributed by atoms with Crippen LogP contribution in [0.2, 0.25) is 0 Å². The first-order chi connectivity index (χ1) is 9.82. The number of ketones is 2. The number of hydrogen-bond donors (Lipinski definition) is 2. The van der Waals surface area contributed by atoms with Gasteiger partial charge in [-0.1, -0.05) is 24.6 Å². The van der Waals surface area contributed by atoms with Crippen molar-refractivity contribution in [3.05, 3.63) is 23.3 Å². The van der Waals surface area contributed by atoms with Crippen LogP contribution >= 0.6 is 0 Å². The second-order valence-electron chi connectivity index (χ2n) is 8.11. The van der Waals surface area contributed by atoms with Gasteiger partial charge in [0.15, 0.2) is 11.6 Å². The molecule has 1 saturated carbocycles. The van der Waals surface area contributed by atoms with Gasteiger partial charge < -0.3 is 10.2 Å². The number of rotatable bonds is 0. The minimum Gasteiger partial charge on any atom is -0.382 e. The highest BCUT2D eigenvalue weighted by Crippen LogP contribution is 2.67. The van der Waals surface area contributed by atoms with E-state index in [-0.39, 0.29) is 11.6 Å². The van der Waals surface area contributed by atoms with E-state index in [0.717, 1.165) is 5.57 Å². The van der Waals surface area contributed by atoms with Crippen LogP contribution in [0.4, 0.5) is 0 Å². The molecule has 0 unspecified atom stereocenters.